The first-order valence-corrected chi connectivity index (χ1v) is 9.69. The molecule has 30 heavy (non-hydrogen) atoms. The molecule has 1 aliphatic rings. The first kappa shape index (κ1) is 20.0. The summed E-state index contributed by atoms with van der Waals surface area (Å²) in [7, 11) is 1.33. The highest BCUT2D eigenvalue weighted by Gasteiger charge is 2.20. The van der Waals surface area contributed by atoms with E-state index in [4.69, 9.17) is 19.2 Å². The number of esters is 1. The van der Waals surface area contributed by atoms with E-state index in [2.05, 4.69) is 9.88 Å². The van der Waals surface area contributed by atoms with Crippen molar-refractivity contribution in [1.29, 1.82) is 0 Å². The van der Waals surface area contributed by atoms with Crippen molar-refractivity contribution in [2.24, 2.45) is 0 Å². The number of benzene rings is 2. The lowest BCUT2D eigenvalue weighted by Crippen LogP contribution is -2.36. The van der Waals surface area contributed by atoms with Crippen LogP contribution in [0.2, 0.25) is 0 Å². The molecule has 0 N–H and O–H groups in total. The molecule has 0 saturated carbocycles. The SMILES string of the molecule is COC(=O)c1cc(C(C)Oc2cccc(F)c2)c2nc(N3CCOCC3)cnc2c1. The summed E-state index contributed by atoms with van der Waals surface area (Å²) in [4.78, 5) is 23.6. The molecule has 156 valence electrons. The van der Waals surface area contributed by atoms with Crippen LogP contribution < -0.4 is 9.64 Å². The Kier molecular flexibility index (Phi) is 5.76. The normalized spacial score (nSPS) is 15.1. The first-order valence-electron chi connectivity index (χ1n) is 9.69. The monoisotopic (exact) mass is 411 g/mol. The molecule has 0 spiro atoms. The standard InChI is InChI=1S/C22H22FN3O4/c1-14(30-17-5-3-4-16(23)12-17)18-10-15(22(27)28-2)11-19-21(18)25-20(13-24-19)26-6-8-29-9-7-26/h3-5,10-14H,6-9H2,1-2H3. The Hall–Kier alpha value is -3.26. The van der Waals surface area contributed by atoms with Gasteiger partial charge < -0.3 is 19.1 Å². The van der Waals surface area contributed by atoms with Crippen LogP contribution in [0.15, 0.2) is 42.6 Å². The van der Waals surface area contributed by atoms with Crippen LogP contribution in [0.25, 0.3) is 11.0 Å². The molecular formula is C22H22FN3O4. The van der Waals surface area contributed by atoms with Crippen LogP contribution in [-0.4, -0.2) is 49.4 Å². The summed E-state index contributed by atoms with van der Waals surface area (Å²) in [6.07, 6.45) is 1.18. The van der Waals surface area contributed by atoms with E-state index in [1.54, 1.807) is 30.5 Å². The molecular weight excluding hydrogens is 389 g/mol. The second-order valence-electron chi connectivity index (χ2n) is 6.97. The van der Waals surface area contributed by atoms with E-state index in [0.29, 0.717) is 41.1 Å². The van der Waals surface area contributed by atoms with Gasteiger partial charge in [-0.15, -0.1) is 0 Å². The summed E-state index contributed by atoms with van der Waals surface area (Å²) in [5.74, 6) is 0.254. The molecule has 1 atom stereocenters. The van der Waals surface area contributed by atoms with Gasteiger partial charge in [0.05, 0.1) is 43.1 Å². The molecule has 2 heterocycles. The second-order valence-corrected chi connectivity index (χ2v) is 6.97. The van der Waals surface area contributed by atoms with Crippen molar-refractivity contribution < 1.29 is 23.4 Å². The van der Waals surface area contributed by atoms with Crippen molar-refractivity contribution in [1.82, 2.24) is 9.97 Å². The molecule has 1 saturated heterocycles. The number of nitrogens with zero attached hydrogens (tertiary/aromatic N) is 3. The zero-order valence-corrected chi connectivity index (χ0v) is 16.8. The molecule has 1 aliphatic heterocycles. The summed E-state index contributed by atoms with van der Waals surface area (Å²) in [6.45, 7) is 4.54. The Balaban J connectivity index is 1.77. The van der Waals surface area contributed by atoms with Gasteiger partial charge in [0.1, 0.15) is 23.5 Å². The van der Waals surface area contributed by atoms with Crippen molar-refractivity contribution in [2.75, 3.05) is 38.3 Å². The average molecular weight is 411 g/mol. The number of aromatic nitrogens is 2. The smallest absolute Gasteiger partial charge is 0.337 e. The number of fused-ring (bicyclic) bond motifs is 1. The molecule has 0 bridgehead atoms. The number of morpholine rings is 1. The number of rotatable bonds is 5. The van der Waals surface area contributed by atoms with Gasteiger partial charge in [0.2, 0.25) is 0 Å². The predicted octanol–water partition coefficient (Wildman–Crippen LogP) is 3.53. The molecule has 7 nitrogen and oxygen atoms in total. The number of anilines is 1. The number of halogens is 1. The van der Waals surface area contributed by atoms with Crippen LogP contribution in [0, 0.1) is 5.82 Å². The number of carbonyl (C=O) groups is 1. The van der Waals surface area contributed by atoms with E-state index in [1.165, 1.54) is 19.2 Å². The van der Waals surface area contributed by atoms with Gasteiger partial charge in [0.25, 0.3) is 0 Å². The van der Waals surface area contributed by atoms with Crippen LogP contribution in [0.4, 0.5) is 10.2 Å². The Morgan fingerprint density at radius 1 is 1.23 bits per heavy atom. The number of ether oxygens (including phenoxy) is 3. The number of hydrogen-bond acceptors (Lipinski definition) is 7. The van der Waals surface area contributed by atoms with E-state index in [0.717, 1.165) is 18.9 Å². The molecule has 4 rings (SSSR count). The zero-order chi connectivity index (χ0) is 21.1. The summed E-state index contributed by atoms with van der Waals surface area (Å²) >= 11 is 0. The van der Waals surface area contributed by atoms with E-state index >= 15 is 0 Å². The lowest BCUT2D eigenvalue weighted by atomic mass is 10.0. The van der Waals surface area contributed by atoms with E-state index in [9.17, 15) is 9.18 Å². The van der Waals surface area contributed by atoms with Crippen LogP contribution in [0.3, 0.4) is 0 Å². The fraction of sp³-hybridized carbons (Fsp3) is 0.318. The zero-order valence-electron chi connectivity index (χ0n) is 16.8. The Labute approximate surface area is 173 Å². The summed E-state index contributed by atoms with van der Waals surface area (Å²) in [5, 5.41) is 0. The Bertz CT molecular complexity index is 1070. The van der Waals surface area contributed by atoms with Crippen LogP contribution in [0.1, 0.15) is 28.9 Å². The minimum Gasteiger partial charge on any atom is -0.486 e. The van der Waals surface area contributed by atoms with Gasteiger partial charge in [0, 0.05) is 24.7 Å². The van der Waals surface area contributed by atoms with Crippen molar-refractivity contribution in [3.63, 3.8) is 0 Å². The Morgan fingerprint density at radius 3 is 2.77 bits per heavy atom. The third-order valence-corrected chi connectivity index (χ3v) is 4.97. The van der Waals surface area contributed by atoms with E-state index in [1.807, 2.05) is 6.92 Å². The molecule has 3 aromatic rings. The van der Waals surface area contributed by atoms with Crippen LogP contribution >= 0.6 is 0 Å². The third kappa shape index (κ3) is 4.18. The predicted molar refractivity (Wildman–Crippen MR) is 109 cm³/mol. The van der Waals surface area contributed by atoms with Gasteiger partial charge in [0.15, 0.2) is 0 Å². The minimum atomic E-state index is -0.506. The molecule has 1 aromatic heterocycles. The quantitative estimate of drug-likeness (QED) is 0.595. The van der Waals surface area contributed by atoms with Crippen molar-refractivity contribution >= 4 is 22.8 Å². The van der Waals surface area contributed by atoms with Gasteiger partial charge in [-0.25, -0.2) is 14.2 Å². The van der Waals surface area contributed by atoms with E-state index < -0.39 is 12.1 Å². The molecule has 0 radical (unpaired) electrons. The fourth-order valence-corrected chi connectivity index (χ4v) is 3.43. The average Bonchev–Trinajstić information content (AvgIpc) is 2.78. The van der Waals surface area contributed by atoms with Crippen molar-refractivity contribution in [2.45, 2.75) is 13.0 Å². The lowest BCUT2D eigenvalue weighted by Gasteiger charge is -2.28. The summed E-state index contributed by atoms with van der Waals surface area (Å²) < 4.78 is 29.8. The summed E-state index contributed by atoms with van der Waals surface area (Å²) in [6, 6.07) is 9.26. The van der Waals surface area contributed by atoms with Crippen LogP contribution in [-0.2, 0) is 9.47 Å². The molecule has 8 heteroatoms. The maximum atomic E-state index is 13.6. The molecule has 2 aromatic carbocycles. The van der Waals surface area contributed by atoms with Gasteiger partial charge in [-0.2, -0.15) is 0 Å². The molecule has 1 unspecified atom stereocenters. The van der Waals surface area contributed by atoms with Gasteiger partial charge in [-0.3, -0.25) is 4.98 Å². The number of methoxy groups -OCH3 is 1. The largest absolute Gasteiger partial charge is 0.486 e. The second kappa shape index (κ2) is 8.62. The van der Waals surface area contributed by atoms with Crippen LogP contribution in [0.5, 0.6) is 5.75 Å². The lowest BCUT2D eigenvalue weighted by molar-refractivity contribution is 0.0600. The Morgan fingerprint density at radius 2 is 2.03 bits per heavy atom. The molecule has 1 fully saturated rings. The highest BCUT2D eigenvalue weighted by molar-refractivity contribution is 5.95. The molecule has 0 aliphatic carbocycles. The molecule has 0 amide bonds. The minimum absolute atomic E-state index is 0.350. The third-order valence-electron chi connectivity index (χ3n) is 4.97. The number of carbonyl (C=O) groups excluding carboxylic acids is 1. The van der Waals surface area contributed by atoms with Crippen molar-refractivity contribution in [3.8, 4) is 5.75 Å². The van der Waals surface area contributed by atoms with Gasteiger partial charge >= 0.3 is 5.97 Å². The summed E-state index contributed by atoms with van der Waals surface area (Å²) in [5.41, 5.74) is 2.19. The van der Waals surface area contributed by atoms with Gasteiger partial charge in [-0.1, -0.05) is 6.07 Å². The fourth-order valence-electron chi connectivity index (χ4n) is 3.43. The topological polar surface area (TPSA) is 73.8 Å². The highest BCUT2D eigenvalue weighted by Crippen LogP contribution is 2.30. The van der Waals surface area contributed by atoms with E-state index in [-0.39, 0.29) is 5.82 Å². The van der Waals surface area contributed by atoms with Gasteiger partial charge in [-0.05, 0) is 31.2 Å². The number of hydrogen-bond donors (Lipinski definition) is 0. The maximum Gasteiger partial charge on any atom is 0.337 e. The van der Waals surface area contributed by atoms with Crippen molar-refractivity contribution in [3.05, 3.63) is 59.5 Å². The maximum absolute atomic E-state index is 13.6. The highest BCUT2D eigenvalue weighted by atomic mass is 19.1. The first-order chi connectivity index (χ1) is 14.5.